The Morgan fingerprint density at radius 3 is 3.00 bits per heavy atom. The smallest absolute Gasteiger partial charge is 0.191 e. The maximum Gasteiger partial charge on any atom is 0.191 e. The Labute approximate surface area is 159 Å². The predicted octanol–water partition coefficient (Wildman–Crippen LogP) is 2.27. The Morgan fingerprint density at radius 1 is 1.38 bits per heavy atom. The first-order chi connectivity index (χ1) is 12.8. The van der Waals surface area contributed by atoms with Gasteiger partial charge in [-0.2, -0.15) is 0 Å². The van der Waals surface area contributed by atoms with Crippen LogP contribution >= 0.6 is 11.3 Å². The van der Waals surface area contributed by atoms with E-state index in [-0.39, 0.29) is 6.10 Å². The molecule has 26 heavy (non-hydrogen) atoms. The summed E-state index contributed by atoms with van der Waals surface area (Å²) in [5, 5.41) is 8.95. The van der Waals surface area contributed by atoms with E-state index in [1.165, 1.54) is 4.88 Å². The molecule has 1 fully saturated rings. The fourth-order valence-corrected chi connectivity index (χ4v) is 3.97. The molecule has 1 saturated heterocycles. The van der Waals surface area contributed by atoms with Crippen molar-refractivity contribution in [3.8, 4) is 0 Å². The van der Waals surface area contributed by atoms with Gasteiger partial charge >= 0.3 is 0 Å². The van der Waals surface area contributed by atoms with Crippen molar-refractivity contribution in [3.63, 3.8) is 0 Å². The van der Waals surface area contributed by atoms with Crippen molar-refractivity contribution in [1.29, 1.82) is 0 Å². The number of aromatic nitrogens is 1. The van der Waals surface area contributed by atoms with Crippen molar-refractivity contribution in [1.82, 2.24) is 20.5 Å². The van der Waals surface area contributed by atoms with Gasteiger partial charge in [0.05, 0.1) is 31.0 Å². The zero-order chi connectivity index (χ0) is 18.2. The number of pyridine rings is 1. The number of thiophene rings is 1. The number of guanidine groups is 1. The van der Waals surface area contributed by atoms with E-state index >= 15 is 0 Å². The first kappa shape index (κ1) is 18.8. The van der Waals surface area contributed by atoms with Crippen LogP contribution in [0.5, 0.6) is 0 Å². The number of aliphatic imine (C=N–C) groups is 1. The van der Waals surface area contributed by atoms with Crippen LogP contribution in [0.15, 0.2) is 46.9 Å². The number of nitrogens with one attached hydrogen (secondary N) is 2. The Kier molecular flexibility index (Phi) is 6.99. The summed E-state index contributed by atoms with van der Waals surface area (Å²) in [4.78, 5) is 12.5. The quantitative estimate of drug-likeness (QED) is 0.601. The normalized spacial score (nSPS) is 19.9. The number of hydrogen-bond acceptors (Lipinski definition) is 5. The fraction of sp³-hybridized carbons (Fsp3) is 0.474. The van der Waals surface area contributed by atoms with Gasteiger partial charge in [0.2, 0.25) is 0 Å². The van der Waals surface area contributed by atoms with Gasteiger partial charge < -0.3 is 15.4 Å². The van der Waals surface area contributed by atoms with Crippen LogP contribution in [0.2, 0.25) is 0 Å². The summed E-state index contributed by atoms with van der Waals surface area (Å²) in [7, 11) is 1.80. The Hall–Kier alpha value is -1.96. The lowest BCUT2D eigenvalue weighted by Crippen LogP contribution is -2.48. The minimum Gasteiger partial charge on any atom is -0.376 e. The average Bonchev–Trinajstić information content (AvgIpc) is 3.20. The third kappa shape index (κ3) is 5.27. The van der Waals surface area contributed by atoms with E-state index in [4.69, 9.17) is 4.74 Å². The summed E-state index contributed by atoms with van der Waals surface area (Å²) in [5.74, 6) is 0.790. The van der Waals surface area contributed by atoms with E-state index in [2.05, 4.69) is 49.9 Å². The van der Waals surface area contributed by atoms with E-state index in [0.29, 0.717) is 12.6 Å². The van der Waals surface area contributed by atoms with Gasteiger partial charge in [-0.1, -0.05) is 12.1 Å². The number of ether oxygens (including phenoxy) is 1. The van der Waals surface area contributed by atoms with Gasteiger partial charge in [-0.3, -0.25) is 14.9 Å². The molecule has 0 amide bonds. The third-order valence-corrected chi connectivity index (χ3v) is 5.41. The van der Waals surface area contributed by atoms with E-state index in [1.54, 1.807) is 24.6 Å². The second kappa shape index (κ2) is 9.66. The van der Waals surface area contributed by atoms with Crippen LogP contribution < -0.4 is 10.6 Å². The van der Waals surface area contributed by atoms with Crippen LogP contribution in [0.1, 0.15) is 23.5 Å². The maximum absolute atomic E-state index is 5.71. The molecule has 2 aromatic heterocycles. The molecule has 6 nitrogen and oxygen atoms in total. The Morgan fingerprint density at radius 2 is 2.31 bits per heavy atom. The molecule has 0 aromatic carbocycles. The SMILES string of the molecule is CN=C(NCc1ccccn1)NCC(c1cccs1)N1CCOC(C)C1. The molecular weight excluding hydrogens is 346 g/mol. The number of hydrogen-bond donors (Lipinski definition) is 2. The van der Waals surface area contributed by atoms with E-state index < -0.39 is 0 Å². The summed E-state index contributed by atoms with van der Waals surface area (Å²) in [6, 6.07) is 10.6. The Balaban J connectivity index is 1.59. The lowest BCUT2D eigenvalue weighted by molar-refractivity contribution is -0.0334. The molecular formula is C19H27N5OS. The van der Waals surface area contributed by atoms with Gasteiger partial charge in [0.1, 0.15) is 0 Å². The van der Waals surface area contributed by atoms with Gasteiger partial charge in [-0.05, 0) is 30.5 Å². The number of morpholine rings is 1. The van der Waals surface area contributed by atoms with Crippen LogP contribution in [0.3, 0.4) is 0 Å². The number of nitrogens with zero attached hydrogens (tertiary/aromatic N) is 3. The van der Waals surface area contributed by atoms with Crippen molar-refractivity contribution in [2.45, 2.75) is 25.6 Å². The second-order valence-corrected chi connectivity index (χ2v) is 7.31. The largest absolute Gasteiger partial charge is 0.376 e. The fourth-order valence-electron chi connectivity index (χ4n) is 3.11. The summed E-state index contributed by atoms with van der Waals surface area (Å²) in [6.07, 6.45) is 2.08. The van der Waals surface area contributed by atoms with Crippen molar-refractivity contribution >= 4 is 17.3 Å². The topological polar surface area (TPSA) is 61.8 Å². The molecule has 2 aromatic rings. The van der Waals surface area contributed by atoms with Gasteiger partial charge in [-0.15, -0.1) is 11.3 Å². The van der Waals surface area contributed by atoms with Crippen molar-refractivity contribution in [2.75, 3.05) is 33.3 Å². The van der Waals surface area contributed by atoms with E-state index in [0.717, 1.165) is 37.9 Å². The zero-order valence-electron chi connectivity index (χ0n) is 15.4. The van der Waals surface area contributed by atoms with Crippen LogP contribution in [0.4, 0.5) is 0 Å². The highest BCUT2D eigenvalue weighted by atomic mass is 32.1. The molecule has 7 heteroatoms. The van der Waals surface area contributed by atoms with Crippen molar-refractivity contribution in [3.05, 3.63) is 52.5 Å². The van der Waals surface area contributed by atoms with Crippen molar-refractivity contribution in [2.24, 2.45) is 4.99 Å². The van der Waals surface area contributed by atoms with Crippen LogP contribution in [-0.2, 0) is 11.3 Å². The van der Waals surface area contributed by atoms with E-state index in [1.807, 2.05) is 18.2 Å². The predicted molar refractivity (Wildman–Crippen MR) is 106 cm³/mol. The molecule has 2 N–H and O–H groups in total. The minimum atomic E-state index is 0.271. The molecule has 1 aliphatic rings. The summed E-state index contributed by atoms with van der Waals surface area (Å²) in [6.45, 7) is 6.28. The second-order valence-electron chi connectivity index (χ2n) is 6.34. The minimum absolute atomic E-state index is 0.271. The monoisotopic (exact) mass is 373 g/mol. The molecule has 0 spiro atoms. The molecule has 2 unspecified atom stereocenters. The Bertz CT molecular complexity index is 677. The highest BCUT2D eigenvalue weighted by molar-refractivity contribution is 7.10. The highest BCUT2D eigenvalue weighted by Crippen LogP contribution is 2.26. The van der Waals surface area contributed by atoms with Crippen molar-refractivity contribution < 1.29 is 4.74 Å². The van der Waals surface area contributed by atoms with Gasteiger partial charge in [0, 0.05) is 37.8 Å². The molecule has 0 saturated carbocycles. The van der Waals surface area contributed by atoms with Gasteiger partial charge in [0.15, 0.2) is 5.96 Å². The highest BCUT2D eigenvalue weighted by Gasteiger charge is 2.26. The average molecular weight is 374 g/mol. The standard InChI is InChI=1S/C19H27N5OS/c1-15-14-24(9-10-25-15)17(18-7-5-11-26-18)13-23-19(20-2)22-12-16-6-3-4-8-21-16/h3-8,11,15,17H,9-10,12-14H2,1-2H3,(H2,20,22,23). The zero-order valence-corrected chi connectivity index (χ0v) is 16.2. The third-order valence-electron chi connectivity index (χ3n) is 4.43. The maximum atomic E-state index is 5.71. The molecule has 140 valence electrons. The molecule has 0 radical (unpaired) electrons. The lowest BCUT2D eigenvalue weighted by Gasteiger charge is -2.37. The summed E-state index contributed by atoms with van der Waals surface area (Å²) in [5.41, 5.74) is 0.993. The lowest BCUT2D eigenvalue weighted by atomic mass is 10.1. The molecule has 2 atom stereocenters. The molecule has 1 aliphatic heterocycles. The van der Waals surface area contributed by atoms with Crippen LogP contribution in [0, 0.1) is 0 Å². The van der Waals surface area contributed by atoms with Crippen LogP contribution in [0.25, 0.3) is 0 Å². The number of rotatable bonds is 6. The molecule has 0 bridgehead atoms. The van der Waals surface area contributed by atoms with E-state index in [9.17, 15) is 0 Å². The summed E-state index contributed by atoms with van der Waals surface area (Å²) >= 11 is 1.80. The van der Waals surface area contributed by atoms with Crippen LogP contribution in [-0.4, -0.2) is 55.2 Å². The molecule has 0 aliphatic carbocycles. The van der Waals surface area contributed by atoms with Gasteiger partial charge in [0.25, 0.3) is 0 Å². The first-order valence-corrected chi connectivity index (χ1v) is 9.87. The summed E-state index contributed by atoms with van der Waals surface area (Å²) < 4.78 is 5.71. The van der Waals surface area contributed by atoms with Gasteiger partial charge in [-0.25, -0.2) is 0 Å². The molecule has 3 heterocycles. The molecule has 3 rings (SSSR count). The first-order valence-electron chi connectivity index (χ1n) is 8.99.